The summed E-state index contributed by atoms with van der Waals surface area (Å²) in [5.74, 6) is -2.37. The summed E-state index contributed by atoms with van der Waals surface area (Å²) in [4.78, 5) is 45.5. The molecule has 1 amide bonds. The highest BCUT2D eigenvalue weighted by Crippen LogP contribution is 2.43. The first-order valence-electron chi connectivity index (χ1n) is 21.1. The number of ether oxygens (including phenoxy) is 1. The van der Waals surface area contributed by atoms with Crippen molar-refractivity contribution in [1.82, 2.24) is 5.32 Å². The molecule has 0 rings (SSSR count). The Morgan fingerprint density at radius 1 is 0.538 bits per heavy atom. The highest BCUT2D eigenvalue weighted by Gasteiger charge is 2.28. The van der Waals surface area contributed by atoms with E-state index in [9.17, 15) is 34.1 Å². The molecule has 308 valence electrons. The molecule has 0 radical (unpaired) electrons. The second kappa shape index (κ2) is 36.5. The fraction of sp³-hybridized carbons (Fsp3) is 0.925. The number of amides is 1. The number of carboxylic acids is 1. The van der Waals surface area contributed by atoms with Crippen LogP contribution in [0.4, 0.5) is 0 Å². The van der Waals surface area contributed by atoms with E-state index in [1.165, 1.54) is 116 Å². The van der Waals surface area contributed by atoms with E-state index in [4.69, 9.17) is 13.8 Å². The predicted octanol–water partition coefficient (Wildman–Crippen LogP) is 10.3. The summed E-state index contributed by atoms with van der Waals surface area (Å²) >= 11 is 0. The SMILES string of the molecule is CCCCCCCCCCCCCCCCCCCCCCCC(=O)OCC(O)COP(=O)(O)OCC(NC(=O)CCCCCCCCC)C(=O)O. The third-order valence-electron chi connectivity index (χ3n) is 9.40. The number of hydrogen-bond acceptors (Lipinski definition) is 8. The van der Waals surface area contributed by atoms with Gasteiger partial charge in [-0.3, -0.25) is 18.6 Å². The molecule has 0 aliphatic heterocycles. The predicted molar refractivity (Wildman–Crippen MR) is 208 cm³/mol. The number of carboxylic acid groups (broad SMARTS) is 1. The summed E-state index contributed by atoms with van der Waals surface area (Å²) in [5, 5.41) is 21.7. The standard InChI is InChI=1S/C40H78NO10P/c1-3-5-7-9-11-12-13-14-15-16-17-18-19-20-21-22-23-24-26-28-30-32-39(44)49-33-36(42)34-50-52(47,48)51-35-37(40(45)46)41-38(43)31-29-27-25-10-8-6-4-2/h36-37,42H,3-35H2,1-2H3,(H,41,43)(H,45,46)(H,47,48). The van der Waals surface area contributed by atoms with E-state index in [1.807, 2.05) is 0 Å². The van der Waals surface area contributed by atoms with Crippen molar-refractivity contribution in [3.05, 3.63) is 0 Å². The molecular weight excluding hydrogens is 685 g/mol. The first-order valence-corrected chi connectivity index (χ1v) is 22.6. The Kier molecular flexibility index (Phi) is 35.4. The van der Waals surface area contributed by atoms with Crippen LogP contribution in [-0.2, 0) is 32.7 Å². The lowest BCUT2D eigenvalue weighted by atomic mass is 10.0. The van der Waals surface area contributed by atoms with Crippen molar-refractivity contribution in [2.45, 2.75) is 219 Å². The minimum Gasteiger partial charge on any atom is -0.480 e. The van der Waals surface area contributed by atoms with E-state index < -0.39 is 57.6 Å². The Balaban J connectivity index is 3.75. The third kappa shape index (κ3) is 35.5. The fourth-order valence-corrected chi connectivity index (χ4v) is 6.85. The van der Waals surface area contributed by atoms with Crippen LogP contribution < -0.4 is 5.32 Å². The molecule has 52 heavy (non-hydrogen) atoms. The van der Waals surface area contributed by atoms with Crippen molar-refractivity contribution in [2.24, 2.45) is 0 Å². The van der Waals surface area contributed by atoms with E-state index in [-0.39, 0.29) is 12.8 Å². The van der Waals surface area contributed by atoms with E-state index >= 15 is 0 Å². The molecule has 4 N–H and O–H groups in total. The molecule has 0 saturated carbocycles. The first-order chi connectivity index (χ1) is 25.1. The van der Waals surface area contributed by atoms with Gasteiger partial charge < -0.3 is 25.2 Å². The van der Waals surface area contributed by atoms with Crippen LogP contribution in [-0.4, -0.2) is 64.9 Å². The molecule has 0 aromatic rings. The largest absolute Gasteiger partial charge is 0.480 e. The number of hydrogen-bond donors (Lipinski definition) is 4. The van der Waals surface area contributed by atoms with Gasteiger partial charge in [0.05, 0.1) is 13.2 Å². The first kappa shape index (κ1) is 50.5. The van der Waals surface area contributed by atoms with Gasteiger partial charge in [-0.2, -0.15) is 0 Å². The summed E-state index contributed by atoms with van der Waals surface area (Å²) in [7, 11) is -4.74. The van der Waals surface area contributed by atoms with Gasteiger partial charge in [0, 0.05) is 12.8 Å². The van der Waals surface area contributed by atoms with Gasteiger partial charge >= 0.3 is 19.8 Å². The van der Waals surface area contributed by atoms with Gasteiger partial charge in [-0.25, -0.2) is 9.36 Å². The number of phosphoric acid groups is 1. The van der Waals surface area contributed by atoms with Crippen molar-refractivity contribution in [2.75, 3.05) is 19.8 Å². The lowest BCUT2D eigenvalue weighted by molar-refractivity contribution is -0.147. The van der Waals surface area contributed by atoms with Crippen LogP contribution in [0.15, 0.2) is 0 Å². The molecule has 0 aromatic carbocycles. The Hall–Kier alpha value is -1.52. The number of aliphatic hydroxyl groups excluding tert-OH is 1. The minimum atomic E-state index is -4.74. The number of phosphoric ester groups is 1. The Morgan fingerprint density at radius 2 is 0.885 bits per heavy atom. The normalized spacial score (nSPS) is 13.8. The molecule has 3 atom stereocenters. The number of esters is 1. The van der Waals surface area contributed by atoms with Crippen LogP contribution >= 0.6 is 7.82 Å². The maximum absolute atomic E-state index is 12.2. The zero-order valence-corrected chi connectivity index (χ0v) is 34.0. The quantitative estimate of drug-likeness (QED) is 0.0268. The van der Waals surface area contributed by atoms with Crippen molar-refractivity contribution < 1.29 is 47.8 Å². The van der Waals surface area contributed by atoms with E-state index in [0.29, 0.717) is 12.8 Å². The van der Waals surface area contributed by atoms with E-state index in [1.54, 1.807) is 0 Å². The summed E-state index contributed by atoms with van der Waals surface area (Å²) in [6.45, 7) is 2.54. The monoisotopic (exact) mass is 764 g/mol. The van der Waals surface area contributed by atoms with Crippen molar-refractivity contribution >= 4 is 25.7 Å². The molecule has 12 heteroatoms. The molecule has 11 nitrogen and oxygen atoms in total. The number of unbranched alkanes of at least 4 members (excludes halogenated alkanes) is 26. The molecule has 0 aromatic heterocycles. The van der Waals surface area contributed by atoms with Crippen molar-refractivity contribution in [3.8, 4) is 0 Å². The maximum Gasteiger partial charge on any atom is 0.472 e. The second-order valence-corrected chi connectivity index (χ2v) is 16.0. The average molecular weight is 764 g/mol. The molecule has 0 spiro atoms. The van der Waals surface area contributed by atoms with Crippen LogP contribution in [0.3, 0.4) is 0 Å². The van der Waals surface area contributed by atoms with Gasteiger partial charge in [0.2, 0.25) is 5.91 Å². The molecule has 0 bridgehead atoms. The fourth-order valence-electron chi connectivity index (χ4n) is 6.08. The number of carbonyl (C=O) groups excluding carboxylic acids is 2. The van der Waals surface area contributed by atoms with Gasteiger partial charge in [-0.15, -0.1) is 0 Å². The highest BCUT2D eigenvalue weighted by molar-refractivity contribution is 7.47. The van der Waals surface area contributed by atoms with Gasteiger partial charge in [-0.1, -0.05) is 181 Å². The molecule has 0 heterocycles. The third-order valence-corrected chi connectivity index (χ3v) is 10.3. The zero-order valence-electron chi connectivity index (χ0n) is 33.1. The molecule has 3 unspecified atom stereocenters. The number of nitrogens with one attached hydrogen (secondary N) is 1. The topological polar surface area (TPSA) is 169 Å². The number of aliphatic hydroxyl groups is 1. The maximum atomic E-state index is 12.2. The van der Waals surface area contributed by atoms with Gasteiger partial charge in [0.15, 0.2) is 6.04 Å². The average Bonchev–Trinajstić information content (AvgIpc) is 3.11. The van der Waals surface area contributed by atoms with Gasteiger partial charge in [0.25, 0.3) is 0 Å². The smallest absolute Gasteiger partial charge is 0.472 e. The van der Waals surface area contributed by atoms with Crippen LogP contribution in [0.5, 0.6) is 0 Å². The van der Waals surface area contributed by atoms with Crippen molar-refractivity contribution in [3.63, 3.8) is 0 Å². The lowest BCUT2D eigenvalue weighted by Gasteiger charge is -2.18. The van der Waals surface area contributed by atoms with Crippen LogP contribution in [0.2, 0.25) is 0 Å². The second-order valence-electron chi connectivity index (χ2n) is 14.5. The lowest BCUT2D eigenvalue weighted by Crippen LogP contribution is -2.43. The molecule has 0 aliphatic rings. The Bertz CT molecular complexity index is 906. The summed E-state index contributed by atoms with van der Waals surface area (Å²) < 4.78 is 26.7. The van der Waals surface area contributed by atoms with Crippen LogP contribution in [0.25, 0.3) is 0 Å². The van der Waals surface area contributed by atoms with E-state index in [2.05, 4.69) is 19.2 Å². The molecular formula is C40H78NO10P. The van der Waals surface area contributed by atoms with E-state index in [0.717, 1.165) is 51.4 Å². The summed E-state index contributed by atoms with van der Waals surface area (Å²) in [6.07, 6.45) is 33.2. The van der Waals surface area contributed by atoms with Crippen LogP contribution in [0, 0.1) is 0 Å². The van der Waals surface area contributed by atoms with Gasteiger partial charge in [-0.05, 0) is 12.8 Å². The number of carbonyl (C=O) groups is 3. The minimum absolute atomic E-state index is 0.148. The van der Waals surface area contributed by atoms with Crippen LogP contribution in [0.1, 0.15) is 206 Å². The number of rotatable bonds is 40. The summed E-state index contributed by atoms with van der Waals surface area (Å²) in [5.41, 5.74) is 0. The molecule has 0 aliphatic carbocycles. The molecule has 0 fully saturated rings. The number of aliphatic carboxylic acids is 1. The Labute approximate surface area is 316 Å². The highest BCUT2D eigenvalue weighted by atomic mass is 31.2. The summed E-state index contributed by atoms with van der Waals surface area (Å²) in [6, 6.07) is -1.54. The Morgan fingerprint density at radius 3 is 1.27 bits per heavy atom. The van der Waals surface area contributed by atoms with Gasteiger partial charge in [0.1, 0.15) is 12.7 Å². The van der Waals surface area contributed by atoms with Crippen molar-refractivity contribution in [1.29, 1.82) is 0 Å². The molecule has 0 saturated heterocycles. The zero-order chi connectivity index (χ0) is 38.5.